The molecule has 6 heteroatoms. The smallest absolute Gasteiger partial charge is 0.255 e. The molecule has 0 saturated heterocycles. The molecule has 2 aromatic rings. The second-order valence-corrected chi connectivity index (χ2v) is 4.48. The molecule has 0 radical (unpaired) electrons. The Hall–Kier alpha value is -2.89. The third kappa shape index (κ3) is 3.36. The van der Waals surface area contributed by atoms with Gasteiger partial charge in [-0.05, 0) is 24.3 Å². The summed E-state index contributed by atoms with van der Waals surface area (Å²) >= 11 is 0. The summed E-state index contributed by atoms with van der Waals surface area (Å²) in [6.07, 6.45) is 1.53. The van der Waals surface area contributed by atoms with E-state index in [-0.39, 0.29) is 17.0 Å². The maximum Gasteiger partial charge on any atom is 0.255 e. The summed E-state index contributed by atoms with van der Waals surface area (Å²) in [6.45, 7) is 0. The van der Waals surface area contributed by atoms with Crippen molar-refractivity contribution in [2.24, 2.45) is 7.05 Å². The van der Waals surface area contributed by atoms with Crippen molar-refractivity contribution in [3.05, 3.63) is 64.1 Å². The minimum atomic E-state index is -0.401. The summed E-state index contributed by atoms with van der Waals surface area (Å²) in [4.78, 5) is 35.1. The van der Waals surface area contributed by atoms with Gasteiger partial charge in [0.2, 0.25) is 0 Å². The average molecular weight is 285 g/mol. The normalized spacial score (nSPS) is 10.0. The Labute approximate surface area is 121 Å². The fourth-order valence-electron chi connectivity index (χ4n) is 1.78. The number of amides is 2. The number of aryl methyl sites for hydroxylation is 1. The Morgan fingerprint density at radius 1 is 1.05 bits per heavy atom. The molecule has 21 heavy (non-hydrogen) atoms. The van der Waals surface area contributed by atoms with Gasteiger partial charge in [0, 0.05) is 43.2 Å². The molecule has 0 saturated carbocycles. The minimum Gasteiger partial charge on any atom is -0.355 e. The van der Waals surface area contributed by atoms with E-state index in [1.807, 2.05) is 0 Å². The molecular weight excluding hydrogens is 270 g/mol. The Morgan fingerprint density at radius 2 is 1.76 bits per heavy atom. The van der Waals surface area contributed by atoms with Gasteiger partial charge in [0.25, 0.3) is 17.4 Å². The van der Waals surface area contributed by atoms with Crippen molar-refractivity contribution in [1.29, 1.82) is 0 Å². The molecule has 2 rings (SSSR count). The van der Waals surface area contributed by atoms with E-state index in [0.717, 1.165) is 0 Å². The van der Waals surface area contributed by atoms with Crippen molar-refractivity contribution in [2.45, 2.75) is 0 Å². The van der Waals surface area contributed by atoms with Crippen LogP contribution < -0.4 is 16.2 Å². The molecule has 1 aromatic heterocycles. The van der Waals surface area contributed by atoms with Crippen LogP contribution in [-0.4, -0.2) is 23.4 Å². The van der Waals surface area contributed by atoms with Crippen LogP contribution in [0.25, 0.3) is 0 Å². The first-order valence-electron chi connectivity index (χ1n) is 6.31. The predicted octanol–water partition coefficient (Wildman–Crippen LogP) is 0.997. The first-order chi connectivity index (χ1) is 10.0. The van der Waals surface area contributed by atoms with Gasteiger partial charge in [0.05, 0.1) is 0 Å². The zero-order valence-corrected chi connectivity index (χ0v) is 11.7. The quantitative estimate of drug-likeness (QED) is 0.882. The number of rotatable bonds is 3. The van der Waals surface area contributed by atoms with Crippen molar-refractivity contribution in [3.63, 3.8) is 0 Å². The van der Waals surface area contributed by atoms with Crippen molar-refractivity contribution >= 4 is 17.5 Å². The Morgan fingerprint density at radius 3 is 2.43 bits per heavy atom. The van der Waals surface area contributed by atoms with Gasteiger partial charge in [-0.3, -0.25) is 14.4 Å². The molecule has 6 nitrogen and oxygen atoms in total. The summed E-state index contributed by atoms with van der Waals surface area (Å²) in [5.41, 5.74) is 0.936. The second kappa shape index (κ2) is 6.04. The molecule has 0 aliphatic rings. The zero-order chi connectivity index (χ0) is 15.4. The number of benzene rings is 1. The van der Waals surface area contributed by atoms with Gasteiger partial charge in [0.15, 0.2) is 0 Å². The first-order valence-corrected chi connectivity index (χ1v) is 6.31. The lowest BCUT2D eigenvalue weighted by molar-refractivity contribution is 0.0961. The van der Waals surface area contributed by atoms with Crippen LogP contribution in [0.1, 0.15) is 20.7 Å². The number of carbonyl (C=O) groups excluding carboxylic acids is 2. The third-order valence-corrected chi connectivity index (χ3v) is 2.98. The molecule has 0 atom stereocenters. The molecule has 2 amide bonds. The minimum absolute atomic E-state index is 0.236. The summed E-state index contributed by atoms with van der Waals surface area (Å²) in [6, 6.07) is 9.37. The lowest BCUT2D eigenvalue weighted by atomic mass is 10.1. The van der Waals surface area contributed by atoms with Crippen LogP contribution in [-0.2, 0) is 7.05 Å². The van der Waals surface area contributed by atoms with E-state index in [1.54, 1.807) is 37.4 Å². The summed E-state index contributed by atoms with van der Waals surface area (Å²) < 4.78 is 1.38. The largest absolute Gasteiger partial charge is 0.355 e. The Kier molecular flexibility index (Phi) is 4.18. The summed E-state index contributed by atoms with van der Waals surface area (Å²) in [5.74, 6) is -0.638. The maximum atomic E-state index is 12.1. The lowest BCUT2D eigenvalue weighted by Gasteiger charge is -2.07. The van der Waals surface area contributed by atoms with Crippen molar-refractivity contribution < 1.29 is 9.59 Å². The molecule has 108 valence electrons. The number of pyridine rings is 1. The van der Waals surface area contributed by atoms with Gasteiger partial charge in [0.1, 0.15) is 0 Å². The number of hydrogen-bond acceptors (Lipinski definition) is 3. The highest BCUT2D eigenvalue weighted by Gasteiger charge is 2.09. The maximum absolute atomic E-state index is 12.1. The van der Waals surface area contributed by atoms with Gasteiger partial charge < -0.3 is 15.2 Å². The fraction of sp³-hybridized carbons (Fsp3) is 0.133. The molecule has 2 N–H and O–H groups in total. The van der Waals surface area contributed by atoms with Gasteiger partial charge in [-0.1, -0.05) is 6.07 Å². The van der Waals surface area contributed by atoms with E-state index in [0.29, 0.717) is 11.3 Å². The van der Waals surface area contributed by atoms with Gasteiger partial charge in [-0.25, -0.2) is 0 Å². The second-order valence-electron chi connectivity index (χ2n) is 4.48. The van der Waals surface area contributed by atoms with E-state index >= 15 is 0 Å². The van der Waals surface area contributed by atoms with E-state index in [4.69, 9.17) is 0 Å². The fourth-order valence-corrected chi connectivity index (χ4v) is 1.78. The molecule has 0 unspecified atom stereocenters. The topological polar surface area (TPSA) is 80.2 Å². The Balaban J connectivity index is 2.21. The van der Waals surface area contributed by atoms with E-state index in [9.17, 15) is 14.4 Å². The molecule has 0 bridgehead atoms. The first kappa shape index (κ1) is 14.5. The van der Waals surface area contributed by atoms with Crippen molar-refractivity contribution in [2.75, 3.05) is 12.4 Å². The van der Waals surface area contributed by atoms with Gasteiger partial charge in [-0.2, -0.15) is 0 Å². The van der Waals surface area contributed by atoms with Crippen LogP contribution in [0.3, 0.4) is 0 Å². The molecule has 1 heterocycles. The molecule has 0 aliphatic carbocycles. The van der Waals surface area contributed by atoms with E-state index in [1.165, 1.54) is 23.9 Å². The van der Waals surface area contributed by atoms with Crippen LogP contribution in [0.5, 0.6) is 0 Å². The number of aromatic nitrogens is 1. The highest BCUT2D eigenvalue weighted by molar-refractivity contribution is 6.05. The van der Waals surface area contributed by atoms with Gasteiger partial charge >= 0.3 is 0 Å². The highest BCUT2D eigenvalue weighted by atomic mass is 16.2. The monoisotopic (exact) mass is 285 g/mol. The summed E-state index contributed by atoms with van der Waals surface area (Å²) in [7, 11) is 3.14. The molecular formula is C15H15N3O3. The molecule has 1 aromatic carbocycles. The third-order valence-electron chi connectivity index (χ3n) is 2.98. The number of carbonyl (C=O) groups is 2. The lowest BCUT2D eigenvalue weighted by Crippen LogP contribution is -2.20. The van der Waals surface area contributed by atoms with Crippen LogP contribution >= 0.6 is 0 Å². The molecule has 0 fully saturated rings. The van der Waals surface area contributed by atoms with Crippen LogP contribution in [0.2, 0.25) is 0 Å². The van der Waals surface area contributed by atoms with Crippen LogP contribution in [0.15, 0.2) is 47.4 Å². The zero-order valence-electron chi connectivity index (χ0n) is 11.7. The number of nitrogens with one attached hydrogen (secondary N) is 2. The molecule has 0 aliphatic heterocycles. The predicted molar refractivity (Wildman–Crippen MR) is 79.5 cm³/mol. The Bertz CT molecular complexity index is 750. The average Bonchev–Trinajstić information content (AvgIpc) is 2.49. The number of nitrogens with zero attached hydrogens (tertiary/aromatic N) is 1. The van der Waals surface area contributed by atoms with Crippen LogP contribution in [0, 0.1) is 0 Å². The standard InChI is InChI=1S/C15H15N3O3/c1-16-14(20)10-4-3-5-12(8-10)17-15(21)11-6-7-18(2)13(19)9-11/h3-9H,1-2H3,(H,16,20)(H,17,21). The summed E-state index contributed by atoms with van der Waals surface area (Å²) in [5, 5.41) is 5.17. The van der Waals surface area contributed by atoms with Crippen molar-refractivity contribution in [3.8, 4) is 0 Å². The van der Waals surface area contributed by atoms with E-state index < -0.39 is 5.91 Å². The van der Waals surface area contributed by atoms with Crippen LogP contribution in [0.4, 0.5) is 5.69 Å². The number of anilines is 1. The van der Waals surface area contributed by atoms with Crippen molar-refractivity contribution in [1.82, 2.24) is 9.88 Å². The number of hydrogen-bond donors (Lipinski definition) is 2. The SMILES string of the molecule is CNC(=O)c1cccc(NC(=O)c2ccn(C)c(=O)c2)c1. The van der Waals surface area contributed by atoms with E-state index in [2.05, 4.69) is 10.6 Å². The highest BCUT2D eigenvalue weighted by Crippen LogP contribution is 2.12. The van der Waals surface area contributed by atoms with Gasteiger partial charge in [-0.15, -0.1) is 0 Å². The molecule has 0 spiro atoms.